The minimum Gasteiger partial charge on any atom is -0.312 e. The molecule has 1 amide bonds. The lowest BCUT2D eigenvalue weighted by Crippen LogP contribution is -2.35. The molecule has 0 saturated carbocycles. The van der Waals surface area contributed by atoms with E-state index in [1.54, 1.807) is 47.4 Å². The number of sulfonamides is 1. The van der Waals surface area contributed by atoms with E-state index in [2.05, 4.69) is 0 Å². The number of carbonyl (C=O) groups is 1. The van der Waals surface area contributed by atoms with Crippen LogP contribution < -0.4 is 4.90 Å². The Morgan fingerprint density at radius 3 is 2.22 bits per heavy atom. The standard InChI is InChI=1S/C23H28N2O5S2/c1-18-5-7-20(8-6-18)31(27,28)16-12-23(26)25-15-11-19-17-21(9-10-22(19)25)32(29,30)24-13-3-2-4-14-24/h5-10,17H,2-4,11-16H2,1H3. The molecule has 1 saturated heterocycles. The highest BCUT2D eigenvalue weighted by atomic mass is 32.2. The number of amides is 1. The Hall–Kier alpha value is -2.23. The van der Waals surface area contributed by atoms with Crippen LogP contribution in [0.25, 0.3) is 0 Å². The summed E-state index contributed by atoms with van der Waals surface area (Å²) in [7, 11) is -7.08. The molecular formula is C23H28N2O5S2. The minimum absolute atomic E-state index is 0.122. The first-order valence-corrected chi connectivity index (χ1v) is 14.0. The van der Waals surface area contributed by atoms with E-state index < -0.39 is 19.9 Å². The molecular weight excluding hydrogens is 448 g/mol. The van der Waals surface area contributed by atoms with E-state index in [4.69, 9.17) is 0 Å². The van der Waals surface area contributed by atoms with Crippen molar-refractivity contribution < 1.29 is 21.6 Å². The molecule has 0 unspecified atom stereocenters. The number of piperidine rings is 1. The molecule has 32 heavy (non-hydrogen) atoms. The molecule has 9 heteroatoms. The number of fused-ring (bicyclic) bond motifs is 1. The lowest BCUT2D eigenvalue weighted by Gasteiger charge is -2.26. The van der Waals surface area contributed by atoms with Crippen molar-refractivity contribution in [3.8, 4) is 0 Å². The van der Waals surface area contributed by atoms with E-state index in [0.29, 0.717) is 31.7 Å². The molecule has 2 aliphatic heterocycles. The number of hydrogen-bond acceptors (Lipinski definition) is 5. The van der Waals surface area contributed by atoms with Crippen molar-refractivity contribution in [2.45, 2.75) is 48.8 Å². The maximum Gasteiger partial charge on any atom is 0.243 e. The first kappa shape index (κ1) is 22.9. The third-order valence-corrected chi connectivity index (χ3v) is 9.79. The van der Waals surface area contributed by atoms with Gasteiger partial charge >= 0.3 is 0 Å². The van der Waals surface area contributed by atoms with Crippen LogP contribution in [0.5, 0.6) is 0 Å². The maximum absolute atomic E-state index is 12.9. The monoisotopic (exact) mass is 476 g/mol. The van der Waals surface area contributed by atoms with Gasteiger partial charge in [-0.1, -0.05) is 24.1 Å². The normalized spacial score (nSPS) is 17.3. The van der Waals surface area contributed by atoms with Gasteiger partial charge in [0.05, 0.1) is 15.5 Å². The van der Waals surface area contributed by atoms with Crippen LogP contribution in [0.4, 0.5) is 5.69 Å². The summed E-state index contributed by atoms with van der Waals surface area (Å²) in [5, 5.41) is 0. The summed E-state index contributed by atoms with van der Waals surface area (Å²) in [6.07, 6.45) is 3.22. The fourth-order valence-corrected chi connectivity index (χ4v) is 7.07. The largest absolute Gasteiger partial charge is 0.312 e. The summed E-state index contributed by atoms with van der Waals surface area (Å²) in [6.45, 7) is 3.39. The van der Waals surface area contributed by atoms with Gasteiger partial charge in [0.2, 0.25) is 15.9 Å². The van der Waals surface area contributed by atoms with Gasteiger partial charge in [0, 0.05) is 31.7 Å². The third-order valence-electron chi connectivity index (χ3n) is 6.17. The molecule has 2 aromatic rings. The van der Waals surface area contributed by atoms with Crippen LogP contribution in [-0.4, -0.2) is 52.4 Å². The zero-order valence-electron chi connectivity index (χ0n) is 18.2. The SMILES string of the molecule is Cc1ccc(S(=O)(=O)CCC(=O)N2CCc3cc(S(=O)(=O)N4CCCCC4)ccc32)cc1. The van der Waals surface area contributed by atoms with Gasteiger partial charge in [-0.3, -0.25) is 4.79 Å². The molecule has 2 aromatic carbocycles. The van der Waals surface area contributed by atoms with Crippen molar-refractivity contribution in [3.05, 3.63) is 53.6 Å². The topological polar surface area (TPSA) is 91.8 Å². The molecule has 0 radical (unpaired) electrons. The number of rotatable bonds is 6. The predicted octanol–water partition coefficient (Wildman–Crippen LogP) is 2.92. The molecule has 1 fully saturated rings. The molecule has 7 nitrogen and oxygen atoms in total. The van der Waals surface area contributed by atoms with Gasteiger partial charge < -0.3 is 4.90 Å². The zero-order chi connectivity index (χ0) is 22.9. The van der Waals surface area contributed by atoms with Crippen LogP contribution in [0.3, 0.4) is 0 Å². The summed E-state index contributed by atoms with van der Waals surface area (Å²) in [5.41, 5.74) is 2.44. The van der Waals surface area contributed by atoms with Crippen LogP contribution in [-0.2, 0) is 31.1 Å². The second-order valence-electron chi connectivity index (χ2n) is 8.43. The van der Waals surface area contributed by atoms with E-state index in [0.717, 1.165) is 30.4 Å². The summed E-state index contributed by atoms with van der Waals surface area (Å²) >= 11 is 0. The maximum atomic E-state index is 12.9. The van der Waals surface area contributed by atoms with E-state index >= 15 is 0 Å². The summed E-state index contributed by atoms with van der Waals surface area (Å²) in [4.78, 5) is 14.8. The number of nitrogens with zero attached hydrogens (tertiary/aromatic N) is 2. The molecule has 0 atom stereocenters. The molecule has 172 valence electrons. The number of hydrogen-bond donors (Lipinski definition) is 0. The minimum atomic E-state index is -3.55. The Kier molecular flexibility index (Phi) is 6.42. The quantitative estimate of drug-likeness (QED) is 0.639. The molecule has 4 rings (SSSR count). The van der Waals surface area contributed by atoms with E-state index in [9.17, 15) is 21.6 Å². The first-order chi connectivity index (χ1) is 15.2. The Morgan fingerprint density at radius 1 is 0.875 bits per heavy atom. The lowest BCUT2D eigenvalue weighted by molar-refractivity contribution is -0.118. The second-order valence-corrected chi connectivity index (χ2v) is 12.5. The van der Waals surface area contributed by atoms with Crippen molar-refractivity contribution in [2.75, 3.05) is 30.3 Å². The first-order valence-electron chi connectivity index (χ1n) is 10.9. The smallest absolute Gasteiger partial charge is 0.243 e. The van der Waals surface area contributed by atoms with Crippen molar-refractivity contribution in [1.82, 2.24) is 4.31 Å². The lowest BCUT2D eigenvalue weighted by atomic mass is 10.2. The van der Waals surface area contributed by atoms with Crippen LogP contribution in [0.2, 0.25) is 0 Å². The molecule has 0 aromatic heterocycles. The average Bonchev–Trinajstić information content (AvgIpc) is 3.22. The number of sulfone groups is 1. The van der Waals surface area contributed by atoms with E-state index in [-0.39, 0.29) is 27.9 Å². The molecule has 2 heterocycles. The predicted molar refractivity (Wildman–Crippen MR) is 123 cm³/mol. The highest BCUT2D eigenvalue weighted by Gasteiger charge is 2.30. The number of carbonyl (C=O) groups excluding carboxylic acids is 1. The summed E-state index contributed by atoms with van der Waals surface area (Å²) in [6, 6.07) is 11.5. The Labute approximate surface area is 190 Å². The second kappa shape index (κ2) is 8.96. The fourth-order valence-electron chi connectivity index (χ4n) is 4.27. The van der Waals surface area contributed by atoms with Gasteiger partial charge in [0.15, 0.2) is 9.84 Å². The Morgan fingerprint density at radius 2 is 1.53 bits per heavy atom. The van der Waals surface area contributed by atoms with Crippen LogP contribution in [0.15, 0.2) is 52.3 Å². The third kappa shape index (κ3) is 4.60. The Balaban J connectivity index is 1.46. The highest BCUT2D eigenvalue weighted by molar-refractivity contribution is 7.91. The van der Waals surface area contributed by atoms with Gasteiger partial charge in [-0.05, 0) is 62.1 Å². The molecule has 0 spiro atoms. The highest BCUT2D eigenvalue weighted by Crippen LogP contribution is 2.32. The van der Waals surface area contributed by atoms with Gasteiger partial charge in [-0.25, -0.2) is 16.8 Å². The van der Waals surface area contributed by atoms with Crippen molar-refractivity contribution in [1.29, 1.82) is 0 Å². The van der Waals surface area contributed by atoms with Gasteiger partial charge in [-0.2, -0.15) is 4.31 Å². The van der Waals surface area contributed by atoms with Crippen molar-refractivity contribution >= 4 is 31.5 Å². The number of aryl methyl sites for hydroxylation is 1. The van der Waals surface area contributed by atoms with Crippen LogP contribution in [0.1, 0.15) is 36.8 Å². The molecule has 2 aliphatic rings. The van der Waals surface area contributed by atoms with Crippen LogP contribution in [0, 0.1) is 6.92 Å². The molecule has 0 bridgehead atoms. The Bertz CT molecular complexity index is 1220. The van der Waals surface area contributed by atoms with Crippen LogP contribution >= 0.6 is 0 Å². The van der Waals surface area contributed by atoms with E-state index in [1.807, 2.05) is 6.92 Å². The van der Waals surface area contributed by atoms with Gasteiger partial charge in [0.25, 0.3) is 0 Å². The molecule has 0 aliphatic carbocycles. The van der Waals surface area contributed by atoms with E-state index in [1.165, 1.54) is 4.31 Å². The summed E-state index contributed by atoms with van der Waals surface area (Å²) in [5.74, 6) is -0.534. The van der Waals surface area contributed by atoms with Gasteiger partial charge in [0.1, 0.15) is 0 Å². The molecule has 0 N–H and O–H groups in total. The van der Waals surface area contributed by atoms with Crippen molar-refractivity contribution in [3.63, 3.8) is 0 Å². The zero-order valence-corrected chi connectivity index (χ0v) is 19.8. The summed E-state index contributed by atoms with van der Waals surface area (Å²) < 4.78 is 52.6. The fraction of sp³-hybridized carbons (Fsp3) is 0.435. The number of benzene rings is 2. The number of anilines is 1. The van der Waals surface area contributed by atoms with Crippen molar-refractivity contribution in [2.24, 2.45) is 0 Å². The van der Waals surface area contributed by atoms with Gasteiger partial charge in [-0.15, -0.1) is 0 Å². The average molecular weight is 477 g/mol.